The van der Waals surface area contributed by atoms with Crippen molar-refractivity contribution in [3.05, 3.63) is 34.5 Å². The predicted octanol–water partition coefficient (Wildman–Crippen LogP) is 3.15. The summed E-state index contributed by atoms with van der Waals surface area (Å²) in [6.45, 7) is 2.60. The Morgan fingerprint density at radius 2 is 2.33 bits per heavy atom. The van der Waals surface area contributed by atoms with Crippen LogP contribution in [0.5, 0.6) is 0 Å². The van der Waals surface area contributed by atoms with Crippen molar-refractivity contribution in [3.63, 3.8) is 0 Å². The van der Waals surface area contributed by atoms with Gasteiger partial charge in [-0.3, -0.25) is 4.98 Å². The monoisotopic (exact) mass is 323 g/mol. The number of hydrogen-bond acceptors (Lipinski definition) is 7. The van der Waals surface area contributed by atoms with Gasteiger partial charge >= 0.3 is 5.97 Å². The number of methoxy groups -OCH3 is 1. The Hall–Kier alpha value is -1.73. The van der Waals surface area contributed by atoms with Crippen molar-refractivity contribution in [2.24, 2.45) is 0 Å². The Bertz CT molecular complexity index is 656. The fourth-order valence-corrected chi connectivity index (χ4v) is 3.81. The molecule has 2 aromatic heterocycles. The van der Waals surface area contributed by atoms with E-state index in [0.717, 1.165) is 21.2 Å². The van der Waals surface area contributed by atoms with E-state index in [-0.39, 0.29) is 0 Å². The number of nitrogens with zero attached hydrogens (tertiary/aromatic N) is 1. The van der Waals surface area contributed by atoms with Crippen molar-refractivity contribution in [3.8, 4) is 0 Å². The Labute approximate surface area is 131 Å². The molecule has 112 valence electrons. The number of rotatable bonds is 5. The summed E-state index contributed by atoms with van der Waals surface area (Å²) in [6.07, 6.45) is 3.69. The van der Waals surface area contributed by atoms with Gasteiger partial charge < -0.3 is 15.8 Å². The van der Waals surface area contributed by atoms with Crippen LogP contribution in [0.15, 0.2) is 23.2 Å². The third kappa shape index (κ3) is 3.30. The van der Waals surface area contributed by atoms with Crippen LogP contribution in [0, 0.1) is 6.92 Å². The van der Waals surface area contributed by atoms with Crippen LogP contribution in [0.2, 0.25) is 0 Å². The lowest BCUT2D eigenvalue weighted by molar-refractivity contribution is 0.0607. The summed E-state index contributed by atoms with van der Waals surface area (Å²) in [4.78, 5) is 17.3. The Morgan fingerprint density at radius 3 is 2.95 bits per heavy atom. The number of carbonyl (C=O) groups is 1. The number of nitrogens with two attached hydrogens (primary N) is 1. The smallest absolute Gasteiger partial charge is 0.350 e. The molecule has 3 N–H and O–H groups in total. The molecule has 0 bridgehead atoms. The highest BCUT2D eigenvalue weighted by Crippen LogP contribution is 2.42. The van der Waals surface area contributed by atoms with Crippen LogP contribution in [0.4, 0.5) is 10.7 Å². The van der Waals surface area contributed by atoms with Gasteiger partial charge in [0.2, 0.25) is 0 Å². The molecule has 21 heavy (non-hydrogen) atoms. The van der Waals surface area contributed by atoms with E-state index in [0.29, 0.717) is 17.1 Å². The predicted molar refractivity (Wildman–Crippen MR) is 88.2 cm³/mol. The second-order valence-corrected chi connectivity index (χ2v) is 6.16. The number of hydrogen-bond donors (Lipinski definition) is 2. The highest BCUT2D eigenvalue weighted by atomic mass is 32.2. The maximum atomic E-state index is 11.7. The number of carbonyl (C=O) groups excluding carboxylic acids is 1. The van der Waals surface area contributed by atoms with Crippen LogP contribution in [0.3, 0.4) is 0 Å². The lowest BCUT2D eigenvalue weighted by atomic mass is 10.2. The molecule has 7 heteroatoms. The summed E-state index contributed by atoms with van der Waals surface area (Å²) in [7, 11) is 1.35. The molecule has 2 heterocycles. The quantitative estimate of drug-likeness (QED) is 0.650. The molecule has 0 saturated heterocycles. The van der Waals surface area contributed by atoms with Crippen LogP contribution >= 0.6 is 23.1 Å². The first-order valence-electron chi connectivity index (χ1n) is 6.27. The van der Waals surface area contributed by atoms with E-state index in [1.54, 1.807) is 6.20 Å². The first-order chi connectivity index (χ1) is 10.1. The molecule has 0 unspecified atom stereocenters. The summed E-state index contributed by atoms with van der Waals surface area (Å²) in [5.41, 5.74) is 8.58. The molecule has 0 aromatic carbocycles. The first kappa shape index (κ1) is 15.7. The third-order valence-electron chi connectivity index (χ3n) is 3.01. The van der Waals surface area contributed by atoms with E-state index in [9.17, 15) is 4.79 Å². The van der Waals surface area contributed by atoms with Gasteiger partial charge in [0, 0.05) is 6.20 Å². The van der Waals surface area contributed by atoms with E-state index >= 15 is 0 Å². The molecule has 0 atom stereocenters. The van der Waals surface area contributed by atoms with E-state index < -0.39 is 5.97 Å². The molecule has 0 aliphatic heterocycles. The number of thioether (sulfide) groups is 1. The lowest BCUT2D eigenvalue weighted by Gasteiger charge is -2.07. The highest BCUT2D eigenvalue weighted by molar-refractivity contribution is 7.99. The third-order valence-corrected chi connectivity index (χ3v) is 5.11. The topological polar surface area (TPSA) is 77.2 Å². The summed E-state index contributed by atoms with van der Waals surface area (Å²) in [5.74, 6) is -0.408. The molecule has 0 spiro atoms. The molecule has 0 aliphatic carbocycles. The second kappa shape index (κ2) is 6.82. The Balaban J connectivity index is 2.24. The largest absolute Gasteiger partial charge is 0.465 e. The molecule has 0 radical (unpaired) electrons. The molecule has 0 aliphatic rings. The number of nitrogens with one attached hydrogen (secondary N) is 1. The normalized spacial score (nSPS) is 10.4. The van der Waals surface area contributed by atoms with Crippen LogP contribution < -0.4 is 11.1 Å². The summed E-state index contributed by atoms with van der Waals surface area (Å²) < 4.78 is 4.75. The maximum absolute atomic E-state index is 11.7. The van der Waals surface area contributed by atoms with Gasteiger partial charge in [0.05, 0.1) is 29.9 Å². The van der Waals surface area contributed by atoms with Crippen LogP contribution in [0.1, 0.15) is 20.9 Å². The number of aryl methyl sites for hydroxylation is 1. The van der Waals surface area contributed by atoms with Gasteiger partial charge in [0.15, 0.2) is 0 Å². The molecule has 2 rings (SSSR count). The number of esters is 1. The minimum Gasteiger partial charge on any atom is -0.465 e. The zero-order valence-electron chi connectivity index (χ0n) is 12.1. The van der Waals surface area contributed by atoms with Crippen molar-refractivity contribution >= 4 is 39.8 Å². The Kier molecular flexibility index (Phi) is 5.08. The number of anilines is 2. The summed E-state index contributed by atoms with van der Waals surface area (Å²) in [5, 5.41) is 4.18. The Morgan fingerprint density at radius 1 is 1.57 bits per heavy atom. The molecular formula is C14H17N3O2S2. The zero-order valence-corrected chi connectivity index (χ0v) is 13.7. The second-order valence-electron chi connectivity index (χ2n) is 4.32. The molecule has 5 nitrogen and oxygen atoms in total. The van der Waals surface area contributed by atoms with Crippen molar-refractivity contribution in [2.45, 2.75) is 18.4 Å². The number of nitrogen functional groups attached to an aromatic ring is 1. The van der Waals surface area contributed by atoms with Gasteiger partial charge in [0.25, 0.3) is 0 Å². The number of thiophene rings is 1. The van der Waals surface area contributed by atoms with E-state index in [2.05, 4.69) is 10.3 Å². The molecule has 0 saturated carbocycles. The minimum absolute atomic E-state index is 0.408. The molecule has 0 fully saturated rings. The SMILES string of the molecule is COC(=O)c1sc(NCc2ncccc2C)c(SC)c1N. The number of aromatic nitrogens is 1. The minimum atomic E-state index is -0.408. The van der Waals surface area contributed by atoms with Crippen LogP contribution in [0.25, 0.3) is 0 Å². The molecule has 2 aromatic rings. The molecular weight excluding hydrogens is 306 g/mol. The lowest BCUT2D eigenvalue weighted by Crippen LogP contribution is -2.03. The summed E-state index contributed by atoms with van der Waals surface area (Å²) >= 11 is 2.81. The van der Waals surface area contributed by atoms with Crippen molar-refractivity contribution in [2.75, 3.05) is 24.4 Å². The van der Waals surface area contributed by atoms with Gasteiger partial charge in [-0.1, -0.05) is 6.07 Å². The highest BCUT2D eigenvalue weighted by Gasteiger charge is 2.21. The fourth-order valence-electron chi connectivity index (χ4n) is 1.86. The fraction of sp³-hybridized carbons (Fsp3) is 0.286. The van der Waals surface area contributed by atoms with E-state index in [4.69, 9.17) is 10.5 Å². The van der Waals surface area contributed by atoms with Gasteiger partial charge in [-0.15, -0.1) is 23.1 Å². The van der Waals surface area contributed by atoms with Crippen LogP contribution in [-0.4, -0.2) is 24.3 Å². The average molecular weight is 323 g/mol. The number of ether oxygens (including phenoxy) is 1. The van der Waals surface area contributed by atoms with E-state index in [1.807, 2.05) is 25.3 Å². The van der Waals surface area contributed by atoms with Gasteiger partial charge in [-0.25, -0.2) is 4.79 Å². The molecule has 0 amide bonds. The van der Waals surface area contributed by atoms with Gasteiger partial charge in [-0.05, 0) is 24.8 Å². The average Bonchev–Trinajstić information content (AvgIpc) is 2.81. The van der Waals surface area contributed by atoms with Gasteiger partial charge in [0.1, 0.15) is 9.88 Å². The maximum Gasteiger partial charge on any atom is 0.350 e. The number of pyridine rings is 1. The van der Waals surface area contributed by atoms with Gasteiger partial charge in [-0.2, -0.15) is 0 Å². The van der Waals surface area contributed by atoms with E-state index in [1.165, 1.54) is 30.2 Å². The zero-order chi connectivity index (χ0) is 15.4. The van der Waals surface area contributed by atoms with Crippen LogP contribution in [-0.2, 0) is 11.3 Å². The van der Waals surface area contributed by atoms with Crippen molar-refractivity contribution in [1.82, 2.24) is 4.98 Å². The van der Waals surface area contributed by atoms with Crippen molar-refractivity contribution in [1.29, 1.82) is 0 Å². The standard InChI is InChI=1S/C14H17N3O2S2/c1-8-5-4-6-16-9(8)7-17-13-11(20-3)10(15)12(21-13)14(18)19-2/h4-6,17H,7,15H2,1-3H3. The van der Waals surface area contributed by atoms with Crippen molar-refractivity contribution < 1.29 is 9.53 Å². The first-order valence-corrected chi connectivity index (χ1v) is 8.31. The summed E-state index contributed by atoms with van der Waals surface area (Å²) in [6, 6.07) is 3.92.